The average molecular weight is 420 g/mol. The lowest BCUT2D eigenvalue weighted by molar-refractivity contribution is -0.118. The summed E-state index contributed by atoms with van der Waals surface area (Å²) in [5.41, 5.74) is 4.16. The number of nitrogens with zero attached hydrogens (tertiary/aromatic N) is 3. The topological polar surface area (TPSA) is 75.6 Å². The first-order chi connectivity index (χ1) is 14.5. The van der Waals surface area contributed by atoms with Crippen LogP contribution in [0.5, 0.6) is 0 Å². The van der Waals surface area contributed by atoms with E-state index in [-0.39, 0.29) is 5.91 Å². The first kappa shape index (κ1) is 20.2. The van der Waals surface area contributed by atoms with E-state index >= 15 is 0 Å². The summed E-state index contributed by atoms with van der Waals surface area (Å²) in [7, 11) is 0. The van der Waals surface area contributed by atoms with Gasteiger partial charge in [-0.3, -0.25) is 9.36 Å². The third-order valence-electron chi connectivity index (χ3n) is 4.76. The summed E-state index contributed by atoms with van der Waals surface area (Å²) in [6.07, 6.45) is 1.96. The zero-order valence-corrected chi connectivity index (χ0v) is 18.2. The number of aromatic nitrogens is 4. The number of aromatic amines is 1. The zero-order valence-electron chi connectivity index (χ0n) is 17.3. The largest absolute Gasteiger partial charge is 0.360 e. The van der Waals surface area contributed by atoms with Crippen molar-refractivity contribution in [3.63, 3.8) is 0 Å². The van der Waals surface area contributed by atoms with E-state index in [1.807, 2.05) is 41.1 Å². The molecule has 0 radical (unpaired) electrons. The number of fused-ring (bicyclic) bond motifs is 1. The number of benzene rings is 2. The van der Waals surface area contributed by atoms with Crippen LogP contribution < -0.4 is 5.32 Å². The Hall–Kier alpha value is -3.06. The van der Waals surface area contributed by atoms with Gasteiger partial charge in [0, 0.05) is 34.9 Å². The molecule has 0 atom stereocenters. The molecule has 0 saturated heterocycles. The van der Waals surface area contributed by atoms with Crippen LogP contribution in [-0.4, -0.2) is 38.0 Å². The predicted molar refractivity (Wildman–Crippen MR) is 122 cm³/mol. The van der Waals surface area contributed by atoms with Gasteiger partial charge in [-0.15, -0.1) is 10.2 Å². The van der Waals surface area contributed by atoms with Crippen LogP contribution in [0.15, 0.2) is 59.9 Å². The van der Waals surface area contributed by atoms with Gasteiger partial charge in [-0.1, -0.05) is 55.9 Å². The SMILES string of the molecule is Cc1cccc(-n2c(SCC(=O)NCC(C)C)nnc2-c2c[nH]c3ccccc23)c1. The summed E-state index contributed by atoms with van der Waals surface area (Å²) in [5.74, 6) is 1.47. The molecule has 4 rings (SSSR count). The lowest BCUT2D eigenvalue weighted by Crippen LogP contribution is -2.28. The number of carbonyl (C=O) groups is 1. The Bertz CT molecular complexity index is 1180. The molecule has 154 valence electrons. The number of carbonyl (C=O) groups excluding carboxylic acids is 1. The summed E-state index contributed by atoms with van der Waals surface area (Å²) >= 11 is 1.40. The fourth-order valence-corrected chi connectivity index (χ4v) is 4.08. The van der Waals surface area contributed by atoms with Gasteiger partial charge in [-0.2, -0.15) is 0 Å². The van der Waals surface area contributed by atoms with Crippen LogP contribution in [0.3, 0.4) is 0 Å². The van der Waals surface area contributed by atoms with Gasteiger partial charge in [0.2, 0.25) is 5.91 Å². The molecule has 0 unspecified atom stereocenters. The Kier molecular flexibility index (Phi) is 5.90. The van der Waals surface area contributed by atoms with Crippen molar-refractivity contribution in [2.75, 3.05) is 12.3 Å². The molecule has 2 N–H and O–H groups in total. The molecule has 0 fully saturated rings. The van der Waals surface area contributed by atoms with Gasteiger partial charge >= 0.3 is 0 Å². The summed E-state index contributed by atoms with van der Waals surface area (Å²) in [4.78, 5) is 15.6. The Morgan fingerprint density at radius 2 is 2.00 bits per heavy atom. The fraction of sp³-hybridized carbons (Fsp3) is 0.261. The highest BCUT2D eigenvalue weighted by Crippen LogP contribution is 2.32. The van der Waals surface area contributed by atoms with Gasteiger partial charge in [0.05, 0.1) is 5.75 Å². The van der Waals surface area contributed by atoms with Gasteiger partial charge in [0.15, 0.2) is 11.0 Å². The summed E-state index contributed by atoms with van der Waals surface area (Å²) in [6.45, 7) is 6.89. The van der Waals surface area contributed by atoms with Gasteiger partial charge in [-0.25, -0.2) is 0 Å². The average Bonchev–Trinajstić information content (AvgIpc) is 3.34. The number of hydrogen-bond acceptors (Lipinski definition) is 4. The standard InChI is InChI=1S/C23H25N5OS/c1-15(2)12-25-21(29)14-30-23-27-26-22(28(23)17-8-6-7-16(3)11-17)19-13-24-20-10-5-4-9-18(19)20/h4-11,13,15,24H,12,14H2,1-3H3,(H,25,29). The quantitative estimate of drug-likeness (QED) is 0.430. The van der Waals surface area contributed by atoms with Gasteiger partial charge in [0.1, 0.15) is 0 Å². The highest BCUT2D eigenvalue weighted by atomic mass is 32.2. The second kappa shape index (κ2) is 8.75. The molecule has 0 aliphatic rings. The normalized spacial score (nSPS) is 11.3. The number of H-pyrrole nitrogens is 1. The number of rotatable bonds is 7. The molecule has 30 heavy (non-hydrogen) atoms. The third-order valence-corrected chi connectivity index (χ3v) is 5.69. The molecule has 1 amide bonds. The van der Waals surface area contributed by atoms with E-state index in [0.717, 1.165) is 33.5 Å². The highest BCUT2D eigenvalue weighted by molar-refractivity contribution is 7.99. The van der Waals surface area contributed by atoms with Crippen LogP contribution in [0, 0.1) is 12.8 Å². The van der Waals surface area contributed by atoms with Crippen LogP contribution >= 0.6 is 11.8 Å². The van der Waals surface area contributed by atoms with E-state index in [1.54, 1.807) is 0 Å². The van der Waals surface area contributed by atoms with E-state index in [1.165, 1.54) is 11.8 Å². The third kappa shape index (κ3) is 4.26. The molecule has 0 aliphatic heterocycles. The molecule has 0 saturated carbocycles. The molecule has 2 heterocycles. The molecular weight excluding hydrogens is 394 g/mol. The van der Waals surface area contributed by atoms with E-state index in [4.69, 9.17) is 0 Å². The van der Waals surface area contributed by atoms with Crippen molar-refractivity contribution in [2.45, 2.75) is 25.9 Å². The van der Waals surface area contributed by atoms with Crippen molar-refractivity contribution in [3.8, 4) is 17.1 Å². The van der Waals surface area contributed by atoms with Crippen molar-refractivity contribution in [3.05, 3.63) is 60.3 Å². The Morgan fingerprint density at radius 3 is 2.80 bits per heavy atom. The smallest absolute Gasteiger partial charge is 0.230 e. The molecule has 0 spiro atoms. The number of hydrogen-bond donors (Lipinski definition) is 2. The minimum absolute atomic E-state index is 0.00105. The monoisotopic (exact) mass is 419 g/mol. The van der Waals surface area contributed by atoms with Crippen molar-refractivity contribution in [1.29, 1.82) is 0 Å². The van der Waals surface area contributed by atoms with Crippen molar-refractivity contribution in [1.82, 2.24) is 25.1 Å². The molecule has 0 bridgehead atoms. The maximum atomic E-state index is 12.2. The minimum Gasteiger partial charge on any atom is -0.360 e. The van der Waals surface area contributed by atoms with Crippen molar-refractivity contribution >= 4 is 28.6 Å². The van der Waals surface area contributed by atoms with Crippen LogP contribution in [0.4, 0.5) is 0 Å². The molecule has 2 aromatic carbocycles. The number of para-hydroxylation sites is 1. The number of amides is 1. The van der Waals surface area contributed by atoms with Crippen LogP contribution in [0.2, 0.25) is 0 Å². The highest BCUT2D eigenvalue weighted by Gasteiger charge is 2.19. The minimum atomic E-state index is 0.00105. The summed E-state index contributed by atoms with van der Waals surface area (Å²) in [5, 5.41) is 13.7. The van der Waals surface area contributed by atoms with Crippen LogP contribution in [0.25, 0.3) is 28.0 Å². The fourth-order valence-electron chi connectivity index (χ4n) is 3.29. The van der Waals surface area contributed by atoms with Crippen LogP contribution in [0.1, 0.15) is 19.4 Å². The molecule has 2 aromatic heterocycles. The zero-order chi connectivity index (χ0) is 21.1. The number of aryl methyl sites for hydroxylation is 1. The summed E-state index contributed by atoms with van der Waals surface area (Å²) < 4.78 is 2.03. The summed E-state index contributed by atoms with van der Waals surface area (Å²) in [6, 6.07) is 16.4. The lowest BCUT2D eigenvalue weighted by atomic mass is 10.1. The van der Waals surface area contributed by atoms with Gasteiger partial charge < -0.3 is 10.3 Å². The Morgan fingerprint density at radius 1 is 1.17 bits per heavy atom. The van der Waals surface area contributed by atoms with E-state index < -0.39 is 0 Å². The van der Waals surface area contributed by atoms with Gasteiger partial charge in [-0.05, 0) is 36.6 Å². The molecular formula is C23H25N5OS. The maximum absolute atomic E-state index is 12.2. The van der Waals surface area contributed by atoms with Crippen molar-refractivity contribution < 1.29 is 4.79 Å². The molecule has 7 heteroatoms. The second-order valence-corrected chi connectivity index (χ2v) is 8.66. The number of thioether (sulfide) groups is 1. The molecule has 0 aliphatic carbocycles. The van der Waals surface area contributed by atoms with Crippen molar-refractivity contribution in [2.24, 2.45) is 5.92 Å². The van der Waals surface area contributed by atoms with E-state index in [2.05, 4.69) is 59.5 Å². The van der Waals surface area contributed by atoms with Crippen LogP contribution in [-0.2, 0) is 4.79 Å². The Balaban J connectivity index is 1.72. The first-order valence-electron chi connectivity index (χ1n) is 10.0. The van der Waals surface area contributed by atoms with Gasteiger partial charge in [0.25, 0.3) is 0 Å². The number of nitrogens with one attached hydrogen (secondary N) is 2. The maximum Gasteiger partial charge on any atom is 0.230 e. The predicted octanol–water partition coefficient (Wildman–Crippen LogP) is 4.59. The Labute approximate surface area is 180 Å². The second-order valence-electron chi connectivity index (χ2n) is 7.72. The lowest BCUT2D eigenvalue weighted by Gasteiger charge is -2.11. The van der Waals surface area contributed by atoms with E-state index in [9.17, 15) is 4.79 Å². The van der Waals surface area contributed by atoms with E-state index in [0.29, 0.717) is 23.4 Å². The molecule has 6 nitrogen and oxygen atoms in total. The molecule has 4 aromatic rings. The first-order valence-corrected chi connectivity index (χ1v) is 11.0.